The van der Waals surface area contributed by atoms with E-state index in [1.54, 1.807) is 36.4 Å². The Labute approximate surface area is 168 Å². The Morgan fingerprint density at radius 1 is 0.724 bits per heavy atom. The molecule has 4 nitrogen and oxygen atoms in total. The molecule has 0 atom stereocenters. The van der Waals surface area contributed by atoms with Crippen LogP contribution in [0.2, 0.25) is 0 Å². The van der Waals surface area contributed by atoms with E-state index < -0.39 is 5.41 Å². The van der Waals surface area contributed by atoms with Gasteiger partial charge in [0.15, 0.2) is 0 Å². The first-order valence-electron chi connectivity index (χ1n) is 9.52. The summed E-state index contributed by atoms with van der Waals surface area (Å²) in [5.74, 6) is 0.103. The van der Waals surface area contributed by atoms with Gasteiger partial charge in [-0.2, -0.15) is 10.2 Å². The number of phenols is 2. The minimum Gasteiger partial charge on any atom is -0.508 e. The molecule has 0 amide bonds. The van der Waals surface area contributed by atoms with Crippen LogP contribution in [-0.4, -0.2) is 21.6 Å². The van der Waals surface area contributed by atoms with E-state index in [1.807, 2.05) is 24.3 Å². The molecule has 29 heavy (non-hydrogen) atoms. The third-order valence-corrected chi connectivity index (χ3v) is 5.46. The normalized spacial score (nSPS) is 15.1. The van der Waals surface area contributed by atoms with Gasteiger partial charge < -0.3 is 10.2 Å². The molecule has 2 N–H and O–H groups in total. The SMILES string of the molecule is CCC1(Cc2ccc(F)cc2)C(c2ccc(O)cc2)=NN=C1c1ccc(O)cc1. The van der Waals surface area contributed by atoms with Gasteiger partial charge in [-0.05, 0) is 90.2 Å². The Kier molecular flexibility index (Phi) is 4.89. The molecule has 0 aliphatic carbocycles. The van der Waals surface area contributed by atoms with Crippen LogP contribution in [0.25, 0.3) is 0 Å². The Morgan fingerprint density at radius 3 is 1.59 bits per heavy atom. The summed E-state index contributed by atoms with van der Waals surface area (Å²) in [6.07, 6.45) is 1.33. The van der Waals surface area contributed by atoms with Crippen molar-refractivity contribution in [3.63, 3.8) is 0 Å². The molecule has 0 saturated heterocycles. The maximum atomic E-state index is 13.4. The summed E-state index contributed by atoms with van der Waals surface area (Å²) in [6, 6.07) is 20.4. The minimum absolute atomic E-state index is 0.188. The number of rotatable bonds is 5. The van der Waals surface area contributed by atoms with Crippen molar-refractivity contribution in [2.45, 2.75) is 19.8 Å². The van der Waals surface area contributed by atoms with Gasteiger partial charge in [-0.1, -0.05) is 19.1 Å². The average Bonchev–Trinajstić information content (AvgIpc) is 3.10. The van der Waals surface area contributed by atoms with Gasteiger partial charge in [-0.3, -0.25) is 0 Å². The number of halogens is 1. The van der Waals surface area contributed by atoms with Crippen molar-refractivity contribution in [2.75, 3.05) is 0 Å². The number of aromatic hydroxyl groups is 2. The molecule has 1 aliphatic heterocycles. The number of phenolic OH excluding ortho intramolecular Hbond substituents is 2. The zero-order valence-corrected chi connectivity index (χ0v) is 16.0. The van der Waals surface area contributed by atoms with Gasteiger partial charge in [0, 0.05) is 0 Å². The smallest absolute Gasteiger partial charge is 0.123 e. The first-order chi connectivity index (χ1) is 14.0. The van der Waals surface area contributed by atoms with Gasteiger partial charge in [0.1, 0.15) is 17.3 Å². The van der Waals surface area contributed by atoms with Gasteiger partial charge in [0.25, 0.3) is 0 Å². The van der Waals surface area contributed by atoms with E-state index in [0.29, 0.717) is 6.42 Å². The Bertz CT molecular complexity index is 1010. The van der Waals surface area contributed by atoms with E-state index in [2.05, 4.69) is 17.1 Å². The van der Waals surface area contributed by atoms with E-state index in [0.717, 1.165) is 34.5 Å². The highest BCUT2D eigenvalue weighted by Gasteiger charge is 2.44. The molecule has 3 aromatic rings. The van der Waals surface area contributed by atoms with Gasteiger partial charge in [0.2, 0.25) is 0 Å². The summed E-state index contributed by atoms with van der Waals surface area (Å²) in [5, 5.41) is 28.4. The highest BCUT2D eigenvalue weighted by Crippen LogP contribution is 2.40. The van der Waals surface area contributed by atoms with Gasteiger partial charge >= 0.3 is 0 Å². The molecule has 0 radical (unpaired) electrons. The maximum absolute atomic E-state index is 13.4. The van der Waals surface area contributed by atoms with Crippen molar-refractivity contribution in [3.8, 4) is 11.5 Å². The lowest BCUT2D eigenvalue weighted by Gasteiger charge is -2.32. The highest BCUT2D eigenvalue weighted by atomic mass is 19.1. The second-order valence-corrected chi connectivity index (χ2v) is 7.23. The summed E-state index contributed by atoms with van der Waals surface area (Å²) < 4.78 is 13.4. The maximum Gasteiger partial charge on any atom is 0.123 e. The molecule has 0 aromatic heterocycles. The van der Waals surface area contributed by atoms with Crippen LogP contribution in [0.15, 0.2) is 83.0 Å². The average molecular weight is 388 g/mol. The first-order valence-corrected chi connectivity index (χ1v) is 9.52. The van der Waals surface area contributed by atoms with Gasteiger partial charge in [-0.15, -0.1) is 0 Å². The van der Waals surface area contributed by atoms with E-state index in [1.165, 1.54) is 12.1 Å². The van der Waals surface area contributed by atoms with Crippen LogP contribution < -0.4 is 0 Å². The van der Waals surface area contributed by atoms with Gasteiger partial charge in [-0.25, -0.2) is 4.39 Å². The summed E-state index contributed by atoms with van der Waals surface area (Å²) in [7, 11) is 0. The Balaban J connectivity index is 1.82. The Morgan fingerprint density at radius 2 is 1.17 bits per heavy atom. The standard InChI is InChI=1S/C24H21FN2O2/c1-2-24(15-16-3-9-19(25)10-4-16)22(17-5-11-20(28)12-6-17)26-27-23(24)18-7-13-21(29)14-8-18/h3-14,28-29H,2,15H2,1H3. The zero-order valence-electron chi connectivity index (χ0n) is 16.0. The summed E-state index contributed by atoms with van der Waals surface area (Å²) in [4.78, 5) is 0. The van der Waals surface area contributed by atoms with Gasteiger partial charge in [0.05, 0.1) is 16.8 Å². The van der Waals surface area contributed by atoms with Crippen molar-refractivity contribution in [3.05, 3.63) is 95.3 Å². The predicted molar refractivity (Wildman–Crippen MR) is 112 cm³/mol. The van der Waals surface area contributed by atoms with Crippen molar-refractivity contribution in [2.24, 2.45) is 15.6 Å². The van der Waals surface area contributed by atoms with Crippen LogP contribution in [0.1, 0.15) is 30.0 Å². The Hall–Kier alpha value is -3.47. The minimum atomic E-state index is -0.522. The molecule has 4 rings (SSSR count). The predicted octanol–water partition coefficient (Wildman–Crippen LogP) is 5.08. The van der Waals surface area contributed by atoms with Crippen molar-refractivity contribution in [1.29, 1.82) is 0 Å². The number of hydrogen-bond acceptors (Lipinski definition) is 4. The third kappa shape index (κ3) is 3.51. The van der Waals surface area contributed by atoms with E-state index in [9.17, 15) is 14.6 Å². The third-order valence-electron chi connectivity index (χ3n) is 5.46. The largest absolute Gasteiger partial charge is 0.508 e. The highest BCUT2D eigenvalue weighted by molar-refractivity contribution is 6.26. The fraction of sp³-hybridized carbons (Fsp3) is 0.167. The molecule has 146 valence electrons. The molecule has 1 aliphatic rings. The van der Waals surface area contributed by atoms with Crippen LogP contribution in [0, 0.1) is 11.2 Å². The zero-order chi connectivity index (χ0) is 20.4. The summed E-state index contributed by atoms with van der Waals surface area (Å²) >= 11 is 0. The molecule has 0 spiro atoms. The van der Waals surface area contributed by atoms with E-state index >= 15 is 0 Å². The fourth-order valence-electron chi connectivity index (χ4n) is 3.89. The molecule has 1 heterocycles. The monoisotopic (exact) mass is 388 g/mol. The summed E-state index contributed by atoms with van der Waals surface area (Å²) in [5.41, 5.74) is 3.84. The molecule has 0 unspecified atom stereocenters. The van der Waals surface area contributed by atoms with Crippen LogP contribution in [-0.2, 0) is 6.42 Å². The quantitative estimate of drug-likeness (QED) is 0.640. The van der Waals surface area contributed by atoms with E-state index in [-0.39, 0.29) is 17.3 Å². The molecule has 0 saturated carbocycles. The van der Waals surface area contributed by atoms with Crippen LogP contribution >= 0.6 is 0 Å². The molecule has 5 heteroatoms. The number of hydrogen-bond donors (Lipinski definition) is 2. The van der Waals surface area contributed by atoms with Crippen LogP contribution in [0.3, 0.4) is 0 Å². The van der Waals surface area contributed by atoms with E-state index in [4.69, 9.17) is 0 Å². The summed E-state index contributed by atoms with van der Waals surface area (Å²) in [6.45, 7) is 2.08. The second kappa shape index (κ2) is 7.51. The lowest BCUT2D eigenvalue weighted by molar-refractivity contribution is 0.475. The van der Waals surface area contributed by atoms with Crippen molar-refractivity contribution >= 4 is 11.4 Å². The topological polar surface area (TPSA) is 65.2 Å². The number of nitrogens with zero attached hydrogens (tertiary/aromatic N) is 2. The van der Waals surface area contributed by atoms with Crippen molar-refractivity contribution in [1.82, 2.24) is 0 Å². The number of benzene rings is 3. The van der Waals surface area contributed by atoms with Crippen LogP contribution in [0.4, 0.5) is 4.39 Å². The second-order valence-electron chi connectivity index (χ2n) is 7.23. The van der Waals surface area contributed by atoms with Crippen LogP contribution in [0.5, 0.6) is 11.5 Å². The lowest BCUT2D eigenvalue weighted by atomic mass is 9.68. The molecular weight excluding hydrogens is 367 g/mol. The first kappa shape index (κ1) is 18.9. The fourth-order valence-corrected chi connectivity index (χ4v) is 3.89. The molecule has 0 fully saturated rings. The molecule has 3 aromatic carbocycles. The molecule has 0 bridgehead atoms. The van der Waals surface area contributed by atoms with Crippen molar-refractivity contribution < 1.29 is 14.6 Å². The lowest BCUT2D eigenvalue weighted by Crippen LogP contribution is -2.39. The molecular formula is C24H21FN2O2.